The van der Waals surface area contributed by atoms with Crippen molar-refractivity contribution in [2.45, 2.75) is 143 Å². The molecule has 0 amide bonds. The Morgan fingerprint density at radius 3 is 2.60 bits per heavy atom. The van der Waals surface area contributed by atoms with Crippen LogP contribution in [0.4, 0.5) is 0 Å². The normalized spacial score (nSPS) is 42.5. The van der Waals surface area contributed by atoms with Gasteiger partial charge in [-0.05, 0) is 105 Å². The largest absolute Gasteiger partial charge is 0.355 e. The molecule has 4 heteroatoms. The highest BCUT2D eigenvalue weighted by molar-refractivity contribution is 7.09. The Morgan fingerprint density at radius 2 is 1.89 bits per heavy atom. The highest BCUT2D eigenvalue weighted by Gasteiger charge is 2.60. The van der Waals surface area contributed by atoms with Gasteiger partial charge in [-0.25, -0.2) is 0 Å². The van der Waals surface area contributed by atoms with Crippen LogP contribution in [0.3, 0.4) is 0 Å². The van der Waals surface area contributed by atoms with Gasteiger partial charge in [-0.1, -0.05) is 60.0 Å². The van der Waals surface area contributed by atoms with Gasteiger partial charge in [-0.3, -0.25) is 0 Å². The molecule has 4 fully saturated rings. The van der Waals surface area contributed by atoms with Gasteiger partial charge in [-0.2, -0.15) is 0 Å². The molecule has 0 N–H and O–H groups in total. The Bertz CT molecular complexity index is 701. The maximum Gasteiger partial charge on any atom is 0.158 e. The Balaban J connectivity index is 0.00000141. The first-order valence-electron chi connectivity index (χ1n) is 15.3. The third kappa shape index (κ3) is 5.60. The molecule has 4 aliphatic carbocycles. The summed E-state index contributed by atoms with van der Waals surface area (Å²) in [5.41, 5.74) is 2.05. The van der Waals surface area contributed by atoms with Crippen molar-refractivity contribution < 1.29 is 14.0 Å². The molecule has 9 unspecified atom stereocenters. The molecule has 1 saturated heterocycles. The molecule has 0 spiro atoms. The first kappa shape index (κ1) is 28.1. The Labute approximate surface area is 219 Å². The molecule has 0 bridgehead atoms. The van der Waals surface area contributed by atoms with Gasteiger partial charge in [0, 0.05) is 22.5 Å². The van der Waals surface area contributed by atoms with E-state index in [1.54, 1.807) is 5.57 Å². The number of ether oxygens (including phenoxy) is 2. The predicted molar refractivity (Wildman–Crippen MR) is 149 cm³/mol. The second-order valence-electron chi connectivity index (χ2n) is 12.8. The van der Waals surface area contributed by atoms with Gasteiger partial charge in [0.25, 0.3) is 0 Å². The predicted octanol–water partition coefficient (Wildman–Crippen LogP) is 8.87. The topological polar surface area (TPSA) is 27.7 Å². The smallest absolute Gasteiger partial charge is 0.158 e. The molecule has 5 rings (SSSR count). The van der Waals surface area contributed by atoms with Crippen LogP contribution in [0, 0.1) is 35.0 Å². The summed E-state index contributed by atoms with van der Waals surface area (Å²) in [6, 6.07) is 0. The average Bonchev–Trinajstić information content (AvgIpc) is 3.50. The van der Waals surface area contributed by atoms with Crippen molar-refractivity contribution in [3.05, 3.63) is 11.6 Å². The fourth-order valence-electron chi connectivity index (χ4n) is 8.94. The summed E-state index contributed by atoms with van der Waals surface area (Å²) in [6.45, 7) is 12.3. The first-order chi connectivity index (χ1) is 17.0. The zero-order valence-corrected chi connectivity index (χ0v) is 24.7. The third-order valence-corrected chi connectivity index (χ3v) is 11.1. The molecule has 1 heterocycles. The zero-order chi connectivity index (χ0) is 25.1. The maximum absolute atomic E-state index is 6.44. The van der Waals surface area contributed by atoms with Crippen LogP contribution in [0.5, 0.6) is 0 Å². The number of allylic oxidation sites excluding steroid dienone is 1. The average molecular weight is 507 g/mol. The molecule has 3 nitrogen and oxygen atoms in total. The molecule has 202 valence electrons. The highest BCUT2D eigenvalue weighted by Crippen LogP contribution is 2.65. The molecule has 0 aromatic heterocycles. The van der Waals surface area contributed by atoms with Gasteiger partial charge in [-0.15, -0.1) is 0 Å². The van der Waals surface area contributed by atoms with Crippen molar-refractivity contribution in [2.75, 3.05) is 6.61 Å². The van der Waals surface area contributed by atoms with Crippen LogP contribution in [0.25, 0.3) is 0 Å². The standard InChI is InChI=1S/C29H49O3P.C2H6/c1-20(2)7-4-5-8-21-11-13-25-24-12-10-22-19-23(31-27-9-6-18-30-27)14-17-29(22,32-33)26(24)15-16-28(21,25)3;1-2/h10,20-21,23-27H,4-9,11-19,33H2,1-3H3;1-2H3. The summed E-state index contributed by atoms with van der Waals surface area (Å²) >= 11 is 0. The van der Waals surface area contributed by atoms with E-state index in [0.717, 1.165) is 62.4 Å². The lowest BCUT2D eigenvalue weighted by atomic mass is 9.50. The third-order valence-electron chi connectivity index (χ3n) is 10.7. The van der Waals surface area contributed by atoms with Crippen molar-refractivity contribution >= 4 is 9.47 Å². The van der Waals surface area contributed by atoms with Crippen LogP contribution in [-0.2, 0) is 14.0 Å². The monoisotopic (exact) mass is 506 g/mol. The van der Waals surface area contributed by atoms with Crippen LogP contribution in [0.15, 0.2) is 11.6 Å². The number of rotatable bonds is 8. The lowest BCUT2D eigenvalue weighted by molar-refractivity contribution is -0.161. The second-order valence-corrected chi connectivity index (χ2v) is 13.0. The van der Waals surface area contributed by atoms with E-state index < -0.39 is 0 Å². The molecule has 5 aliphatic rings. The Hall–Kier alpha value is 0.0500. The van der Waals surface area contributed by atoms with Crippen LogP contribution < -0.4 is 0 Å². The summed E-state index contributed by atoms with van der Waals surface area (Å²) in [7, 11) is 2.69. The van der Waals surface area contributed by atoms with Gasteiger partial charge in [0.15, 0.2) is 6.29 Å². The summed E-state index contributed by atoms with van der Waals surface area (Å²) in [6.07, 6.45) is 21.1. The van der Waals surface area contributed by atoms with Crippen molar-refractivity contribution in [1.82, 2.24) is 0 Å². The molecule has 1 aliphatic heterocycles. The van der Waals surface area contributed by atoms with Gasteiger partial charge in [0.1, 0.15) is 0 Å². The molecular weight excluding hydrogens is 451 g/mol. The van der Waals surface area contributed by atoms with Crippen LogP contribution in [0.2, 0.25) is 0 Å². The van der Waals surface area contributed by atoms with Gasteiger partial charge < -0.3 is 14.0 Å². The van der Waals surface area contributed by atoms with E-state index in [4.69, 9.17) is 14.0 Å². The summed E-state index contributed by atoms with van der Waals surface area (Å²) < 4.78 is 18.6. The molecule has 9 atom stereocenters. The molecule has 3 saturated carbocycles. The number of hydrogen-bond acceptors (Lipinski definition) is 3. The van der Waals surface area contributed by atoms with Crippen molar-refractivity contribution in [1.29, 1.82) is 0 Å². The lowest BCUT2D eigenvalue weighted by Gasteiger charge is -2.58. The highest BCUT2D eigenvalue weighted by atomic mass is 31.0. The summed E-state index contributed by atoms with van der Waals surface area (Å²) in [4.78, 5) is 0. The molecule has 35 heavy (non-hydrogen) atoms. The summed E-state index contributed by atoms with van der Waals surface area (Å²) in [5, 5.41) is 0. The van der Waals surface area contributed by atoms with Crippen molar-refractivity contribution in [2.24, 2.45) is 35.0 Å². The van der Waals surface area contributed by atoms with E-state index in [1.807, 2.05) is 13.8 Å². The van der Waals surface area contributed by atoms with Crippen LogP contribution >= 0.6 is 9.47 Å². The van der Waals surface area contributed by atoms with E-state index in [1.165, 1.54) is 57.8 Å². The Morgan fingerprint density at radius 1 is 1.06 bits per heavy atom. The summed E-state index contributed by atoms with van der Waals surface area (Å²) in [5.74, 6) is 4.19. The zero-order valence-electron chi connectivity index (χ0n) is 23.5. The van der Waals surface area contributed by atoms with E-state index in [-0.39, 0.29) is 11.9 Å². The second kappa shape index (κ2) is 12.3. The number of fused-ring (bicyclic) bond motifs is 5. The SMILES string of the molecule is CC.CC(C)CCCCC1CCC2C3CC=C4CC(OC5CCCO5)CCC4(OP)C3CCC12C. The van der Waals surface area contributed by atoms with E-state index in [2.05, 4.69) is 36.3 Å². The Kier molecular flexibility index (Phi) is 9.84. The number of hydrogen-bond donors (Lipinski definition) is 0. The van der Waals surface area contributed by atoms with Crippen LogP contribution in [0.1, 0.15) is 125 Å². The fraction of sp³-hybridized carbons (Fsp3) is 0.935. The lowest BCUT2D eigenvalue weighted by Crippen LogP contribution is -2.55. The van der Waals surface area contributed by atoms with Gasteiger partial charge in [0.05, 0.1) is 11.7 Å². The minimum absolute atomic E-state index is 0.0303. The van der Waals surface area contributed by atoms with E-state index >= 15 is 0 Å². The minimum Gasteiger partial charge on any atom is -0.355 e. The van der Waals surface area contributed by atoms with Gasteiger partial charge >= 0.3 is 0 Å². The number of unbranched alkanes of at least 4 members (excludes halogenated alkanes) is 1. The molecule has 0 radical (unpaired) electrons. The quantitative estimate of drug-likeness (QED) is 0.187. The molecule has 0 aromatic carbocycles. The van der Waals surface area contributed by atoms with Gasteiger partial charge in [0.2, 0.25) is 0 Å². The van der Waals surface area contributed by atoms with E-state index in [0.29, 0.717) is 17.4 Å². The van der Waals surface area contributed by atoms with Crippen molar-refractivity contribution in [3.8, 4) is 0 Å². The fourth-order valence-corrected chi connectivity index (χ4v) is 9.39. The maximum atomic E-state index is 6.44. The minimum atomic E-state index is -0.0549. The molecular formula is C31H55O3P. The van der Waals surface area contributed by atoms with E-state index in [9.17, 15) is 0 Å². The van der Waals surface area contributed by atoms with Crippen molar-refractivity contribution in [3.63, 3.8) is 0 Å². The van der Waals surface area contributed by atoms with Crippen LogP contribution in [-0.4, -0.2) is 24.6 Å². The first-order valence-corrected chi connectivity index (χ1v) is 15.8. The molecule has 0 aromatic rings.